The molecule has 0 amide bonds. The summed E-state index contributed by atoms with van der Waals surface area (Å²) in [5.74, 6) is -1.51. The standard InChI is InChI=1S/C14H14F2N2/c1-14(2)6-9(10-7-17-18-13(10)14)8-3-4-11(15)12(16)5-8/h3-5,7,9H,6H2,1-2H3,(H,17,18). The fraction of sp³-hybridized carbons (Fsp3) is 0.357. The molecular weight excluding hydrogens is 234 g/mol. The Labute approximate surface area is 104 Å². The molecule has 3 rings (SSSR count). The van der Waals surface area contributed by atoms with Crippen molar-refractivity contribution in [3.05, 3.63) is 52.9 Å². The first-order chi connectivity index (χ1) is 8.49. The second-order valence-corrected chi connectivity index (χ2v) is 5.51. The van der Waals surface area contributed by atoms with Crippen molar-refractivity contribution in [3.63, 3.8) is 0 Å². The van der Waals surface area contributed by atoms with Crippen LogP contribution in [0.3, 0.4) is 0 Å². The number of H-pyrrole nitrogens is 1. The molecule has 0 fully saturated rings. The van der Waals surface area contributed by atoms with Gasteiger partial charge in [-0.1, -0.05) is 19.9 Å². The van der Waals surface area contributed by atoms with Crippen LogP contribution in [0.2, 0.25) is 0 Å². The van der Waals surface area contributed by atoms with E-state index >= 15 is 0 Å². The second-order valence-electron chi connectivity index (χ2n) is 5.51. The van der Waals surface area contributed by atoms with Gasteiger partial charge in [-0.2, -0.15) is 5.10 Å². The lowest BCUT2D eigenvalue weighted by Gasteiger charge is -2.18. The largest absolute Gasteiger partial charge is 0.282 e. The predicted molar refractivity (Wildman–Crippen MR) is 64.4 cm³/mol. The van der Waals surface area contributed by atoms with E-state index < -0.39 is 11.6 Å². The monoisotopic (exact) mass is 248 g/mol. The normalized spacial score (nSPS) is 21.0. The third-order valence-electron chi connectivity index (χ3n) is 3.78. The molecule has 0 saturated heterocycles. The highest BCUT2D eigenvalue weighted by Crippen LogP contribution is 2.47. The first-order valence-electron chi connectivity index (χ1n) is 5.98. The van der Waals surface area contributed by atoms with E-state index in [4.69, 9.17) is 0 Å². The van der Waals surface area contributed by atoms with Crippen molar-refractivity contribution in [2.75, 3.05) is 0 Å². The number of nitrogens with zero attached hydrogens (tertiary/aromatic N) is 1. The minimum Gasteiger partial charge on any atom is -0.282 e. The Morgan fingerprint density at radius 2 is 2.06 bits per heavy atom. The van der Waals surface area contributed by atoms with Gasteiger partial charge >= 0.3 is 0 Å². The summed E-state index contributed by atoms with van der Waals surface area (Å²) in [6.07, 6.45) is 2.66. The molecular formula is C14H14F2N2. The Bertz CT molecular complexity index is 602. The van der Waals surface area contributed by atoms with Crippen molar-refractivity contribution in [2.24, 2.45) is 0 Å². The number of aromatic nitrogens is 2. The van der Waals surface area contributed by atoms with Crippen LogP contribution in [0.4, 0.5) is 8.78 Å². The summed E-state index contributed by atoms with van der Waals surface area (Å²) >= 11 is 0. The average molecular weight is 248 g/mol. The predicted octanol–water partition coefficient (Wildman–Crippen LogP) is 3.50. The molecule has 1 N–H and O–H groups in total. The first kappa shape index (κ1) is 11.4. The van der Waals surface area contributed by atoms with Crippen LogP contribution in [0, 0.1) is 11.6 Å². The van der Waals surface area contributed by atoms with E-state index in [2.05, 4.69) is 24.0 Å². The summed E-state index contributed by atoms with van der Waals surface area (Å²) in [6, 6.07) is 4.13. The van der Waals surface area contributed by atoms with Gasteiger partial charge in [-0.25, -0.2) is 8.78 Å². The van der Waals surface area contributed by atoms with Crippen LogP contribution >= 0.6 is 0 Å². The number of nitrogens with one attached hydrogen (secondary N) is 1. The molecule has 2 aromatic rings. The van der Waals surface area contributed by atoms with E-state index in [0.29, 0.717) is 0 Å². The maximum absolute atomic E-state index is 13.3. The minimum atomic E-state index is -0.802. The topological polar surface area (TPSA) is 28.7 Å². The molecule has 1 heterocycles. The van der Waals surface area contributed by atoms with Gasteiger partial charge < -0.3 is 0 Å². The van der Waals surface area contributed by atoms with Crippen molar-refractivity contribution in [3.8, 4) is 0 Å². The lowest BCUT2D eigenvalue weighted by atomic mass is 9.86. The fourth-order valence-corrected chi connectivity index (χ4v) is 2.85. The molecule has 1 aromatic heterocycles. The van der Waals surface area contributed by atoms with Crippen molar-refractivity contribution in [2.45, 2.75) is 31.6 Å². The lowest BCUT2D eigenvalue weighted by molar-refractivity contribution is 0.478. The molecule has 1 atom stereocenters. The van der Waals surface area contributed by atoms with E-state index in [-0.39, 0.29) is 11.3 Å². The summed E-state index contributed by atoms with van der Waals surface area (Å²) in [5, 5.41) is 7.08. The van der Waals surface area contributed by atoms with Gasteiger partial charge in [0.1, 0.15) is 0 Å². The first-order valence-corrected chi connectivity index (χ1v) is 5.98. The summed E-state index contributed by atoms with van der Waals surface area (Å²) in [5.41, 5.74) is 2.98. The van der Waals surface area contributed by atoms with E-state index in [1.165, 1.54) is 12.1 Å². The lowest BCUT2D eigenvalue weighted by Crippen LogP contribution is -2.14. The van der Waals surface area contributed by atoms with E-state index in [1.54, 1.807) is 12.3 Å². The zero-order valence-electron chi connectivity index (χ0n) is 10.3. The quantitative estimate of drug-likeness (QED) is 0.822. The third-order valence-corrected chi connectivity index (χ3v) is 3.78. The zero-order valence-corrected chi connectivity index (χ0v) is 10.3. The summed E-state index contributed by atoms with van der Waals surface area (Å²) in [7, 11) is 0. The molecule has 94 valence electrons. The molecule has 1 aromatic carbocycles. The van der Waals surface area contributed by atoms with Gasteiger partial charge in [0, 0.05) is 22.6 Å². The Balaban J connectivity index is 2.07. The van der Waals surface area contributed by atoms with Crippen molar-refractivity contribution >= 4 is 0 Å². The van der Waals surface area contributed by atoms with Crippen molar-refractivity contribution < 1.29 is 8.78 Å². The molecule has 0 bridgehead atoms. The van der Waals surface area contributed by atoms with Crippen LogP contribution in [0.15, 0.2) is 24.4 Å². The molecule has 2 nitrogen and oxygen atoms in total. The van der Waals surface area contributed by atoms with E-state index in [9.17, 15) is 8.78 Å². The molecule has 0 aliphatic heterocycles. The minimum absolute atomic E-state index is 0.0125. The molecule has 0 radical (unpaired) electrons. The number of fused-ring (bicyclic) bond motifs is 1. The summed E-state index contributed by atoms with van der Waals surface area (Å²) < 4.78 is 26.3. The van der Waals surface area contributed by atoms with Crippen molar-refractivity contribution in [1.82, 2.24) is 10.2 Å². The highest BCUT2D eigenvalue weighted by molar-refractivity contribution is 5.42. The smallest absolute Gasteiger partial charge is 0.159 e. The van der Waals surface area contributed by atoms with Gasteiger partial charge in [-0.3, -0.25) is 5.10 Å². The summed E-state index contributed by atoms with van der Waals surface area (Å²) in [4.78, 5) is 0. The molecule has 1 aliphatic rings. The average Bonchev–Trinajstić information content (AvgIpc) is 2.86. The van der Waals surface area contributed by atoms with Crippen LogP contribution in [0.5, 0.6) is 0 Å². The highest BCUT2D eigenvalue weighted by Gasteiger charge is 2.39. The van der Waals surface area contributed by atoms with Gasteiger partial charge in [0.2, 0.25) is 0 Å². The number of aromatic amines is 1. The van der Waals surface area contributed by atoms with Gasteiger partial charge in [0.05, 0.1) is 6.20 Å². The number of rotatable bonds is 1. The number of benzene rings is 1. The molecule has 4 heteroatoms. The van der Waals surface area contributed by atoms with E-state index in [1.807, 2.05) is 0 Å². The maximum atomic E-state index is 13.3. The Hall–Kier alpha value is -1.71. The van der Waals surface area contributed by atoms with Crippen LogP contribution in [0.25, 0.3) is 0 Å². The van der Waals surface area contributed by atoms with Crippen molar-refractivity contribution in [1.29, 1.82) is 0 Å². The molecule has 1 aliphatic carbocycles. The Morgan fingerprint density at radius 1 is 1.28 bits per heavy atom. The highest BCUT2D eigenvalue weighted by atomic mass is 19.2. The van der Waals surface area contributed by atoms with Crippen LogP contribution in [0.1, 0.15) is 43.0 Å². The van der Waals surface area contributed by atoms with E-state index in [0.717, 1.165) is 23.2 Å². The number of halogens is 2. The summed E-state index contributed by atoms with van der Waals surface area (Å²) in [6.45, 7) is 4.26. The number of hydrogen-bond donors (Lipinski definition) is 1. The Morgan fingerprint density at radius 3 is 2.78 bits per heavy atom. The zero-order chi connectivity index (χ0) is 12.9. The Kier molecular flexibility index (Phi) is 2.30. The van der Waals surface area contributed by atoms with Gasteiger partial charge in [-0.15, -0.1) is 0 Å². The molecule has 18 heavy (non-hydrogen) atoms. The van der Waals surface area contributed by atoms with Crippen LogP contribution < -0.4 is 0 Å². The van der Waals surface area contributed by atoms with Crippen LogP contribution in [-0.4, -0.2) is 10.2 Å². The number of hydrogen-bond acceptors (Lipinski definition) is 1. The molecule has 0 saturated carbocycles. The van der Waals surface area contributed by atoms with Gasteiger partial charge in [0.25, 0.3) is 0 Å². The SMILES string of the molecule is CC1(C)CC(c2ccc(F)c(F)c2)c2cn[nH]c21. The van der Waals surface area contributed by atoms with Crippen LogP contribution in [-0.2, 0) is 5.41 Å². The third kappa shape index (κ3) is 1.55. The molecule has 0 spiro atoms. The fourth-order valence-electron chi connectivity index (χ4n) is 2.85. The van der Waals surface area contributed by atoms with Gasteiger partial charge in [0.15, 0.2) is 11.6 Å². The maximum Gasteiger partial charge on any atom is 0.159 e. The van der Waals surface area contributed by atoms with Gasteiger partial charge in [-0.05, 0) is 24.1 Å². The molecule has 1 unspecified atom stereocenters. The second kappa shape index (κ2) is 3.64.